The molecule has 3 rings (SSSR count). The monoisotopic (exact) mass is 306 g/mol. The molecule has 0 bridgehead atoms. The average Bonchev–Trinajstić information content (AvgIpc) is 2.58. The van der Waals surface area contributed by atoms with Crippen molar-refractivity contribution in [3.63, 3.8) is 0 Å². The molecule has 1 heterocycles. The number of carbonyl (C=O) groups excluding carboxylic acids is 2. The van der Waals surface area contributed by atoms with Gasteiger partial charge in [-0.15, -0.1) is 0 Å². The van der Waals surface area contributed by atoms with Gasteiger partial charge in [0.25, 0.3) is 5.91 Å². The highest BCUT2D eigenvalue weighted by atomic mass is 16.2. The Morgan fingerprint density at radius 3 is 2.26 bits per heavy atom. The summed E-state index contributed by atoms with van der Waals surface area (Å²) in [7, 11) is 1.65. The van der Waals surface area contributed by atoms with Crippen LogP contribution in [0.2, 0.25) is 0 Å². The van der Waals surface area contributed by atoms with E-state index in [4.69, 9.17) is 0 Å². The maximum absolute atomic E-state index is 12.5. The Morgan fingerprint density at radius 2 is 1.61 bits per heavy atom. The lowest BCUT2D eigenvalue weighted by molar-refractivity contribution is -0.138. The van der Waals surface area contributed by atoms with Gasteiger partial charge in [-0.05, 0) is 17.2 Å². The zero-order chi connectivity index (χ0) is 16.2. The number of benzene rings is 2. The first-order valence-corrected chi connectivity index (χ1v) is 7.54. The maximum Gasteiger partial charge on any atom is 0.268 e. The molecule has 1 aliphatic heterocycles. The van der Waals surface area contributed by atoms with Crippen molar-refractivity contribution in [2.24, 2.45) is 0 Å². The number of nitrogens with zero attached hydrogens (tertiary/aromatic N) is 1. The molecule has 4 nitrogen and oxygen atoms in total. The summed E-state index contributed by atoms with van der Waals surface area (Å²) in [6.07, 6.45) is 2.22. The summed E-state index contributed by atoms with van der Waals surface area (Å²) in [4.78, 5) is 26.4. The summed E-state index contributed by atoms with van der Waals surface area (Å²) in [6, 6.07) is 18.7. The van der Waals surface area contributed by atoms with E-state index in [0.29, 0.717) is 12.1 Å². The fraction of sp³-hybridized carbons (Fsp3) is 0.158. The van der Waals surface area contributed by atoms with Crippen LogP contribution in [0.5, 0.6) is 0 Å². The van der Waals surface area contributed by atoms with Crippen molar-refractivity contribution < 1.29 is 9.59 Å². The van der Waals surface area contributed by atoms with Gasteiger partial charge in [-0.2, -0.15) is 0 Å². The third-order valence-electron chi connectivity index (χ3n) is 3.91. The maximum atomic E-state index is 12.5. The van der Waals surface area contributed by atoms with E-state index in [1.54, 1.807) is 13.1 Å². The fourth-order valence-electron chi connectivity index (χ4n) is 2.66. The molecule has 23 heavy (non-hydrogen) atoms. The molecule has 1 saturated heterocycles. The first kappa shape index (κ1) is 15.0. The van der Waals surface area contributed by atoms with Gasteiger partial charge in [0.15, 0.2) is 0 Å². The summed E-state index contributed by atoms with van der Waals surface area (Å²) in [6.45, 7) is 0. The zero-order valence-electron chi connectivity index (χ0n) is 12.9. The summed E-state index contributed by atoms with van der Waals surface area (Å²) in [5.41, 5.74) is 2.28. The summed E-state index contributed by atoms with van der Waals surface area (Å²) in [5.74, 6) is -0.326. The molecule has 0 aromatic heterocycles. The Kier molecular flexibility index (Phi) is 4.24. The molecule has 4 heteroatoms. The largest absolute Gasteiger partial charge is 0.339 e. The SMILES string of the molecule is CN1C(=O)[C@H](Cc2ccccc2)NC(=O)C1=Cc1ccccc1. The van der Waals surface area contributed by atoms with Crippen LogP contribution in [0.1, 0.15) is 11.1 Å². The van der Waals surface area contributed by atoms with E-state index < -0.39 is 6.04 Å². The topological polar surface area (TPSA) is 49.4 Å². The minimum Gasteiger partial charge on any atom is -0.339 e. The third-order valence-corrected chi connectivity index (χ3v) is 3.91. The van der Waals surface area contributed by atoms with E-state index in [2.05, 4.69) is 5.32 Å². The number of amides is 2. The van der Waals surface area contributed by atoms with Crippen molar-refractivity contribution in [1.82, 2.24) is 10.2 Å². The first-order valence-electron chi connectivity index (χ1n) is 7.54. The molecule has 0 aliphatic carbocycles. The van der Waals surface area contributed by atoms with Crippen LogP contribution in [0, 0.1) is 0 Å². The van der Waals surface area contributed by atoms with Crippen molar-refractivity contribution >= 4 is 17.9 Å². The molecule has 0 saturated carbocycles. The van der Waals surface area contributed by atoms with Crippen LogP contribution in [0.4, 0.5) is 0 Å². The second-order valence-electron chi connectivity index (χ2n) is 5.55. The normalized spacial score (nSPS) is 19.8. The number of rotatable bonds is 3. The smallest absolute Gasteiger partial charge is 0.268 e. The Morgan fingerprint density at radius 1 is 1.00 bits per heavy atom. The molecule has 116 valence electrons. The highest BCUT2D eigenvalue weighted by Gasteiger charge is 2.34. The van der Waals surface area contributed by atoms with Crippen LogP contribution in [0.25, 0.3) is 6.08 Å². The molecular formula is C19H18N2O2. The van der Waals surface area contributed by atoms with Crippen LogP contribution in [0.15, 0.2) is 66.4 Å². The van der Waals surface area contributed by atoms with Gasteiger partial charge in [-0.25, -0.2) is 0 Å². The van der Waals surface area contributed by atoms with Crippen molar-refractivity contribution in [2.75, 3.05) is 7.05 Å². The molecule has 2 aromatic rings. The summed E-state index contributed by atoms with van der Waals surface area (Å²) in [5, 5.41) is 2.82. The molecule has 2 amide bonds. The quantitative estimate of drug-likeness (QED) is 0.884. The van der Waals surface area contributed by atoms with Crippen molar-refractivity contribution in [3.8, 4) is 0 Å². The second-order valence-corrected chi connectivity index (χ2v) is 5.55. The van der Waals surface area contributed by atoms with Gasteiger partial charge in [0.2, 0.25) is 5.91 Å². The van der Waals surface area contributed by atoms with Crippen LogP contribution >= 0.6 is 0 Å². The lowest BCUT2D eigenvalue weighted by Gasteiger charge is -2.32. The van der Waals surface area contributed by atoms with Gasteiger partial charge in [0.1, 0.15) is 11.7 Å². The van der Waals surface area contributed by atoms with E-state index in [9.17, 15) is 9.59 Å². The van der Waals surface area contributed by atoms with Crippen LogP contribution < -0.4 is 5.32 Å². The van der Waals surface area contributed by atoms with Crippen LogP contribution in [-0.4, -0.2) is 29.8 Å². The van der Waals surface area contributed by atoms with Gasteiger partial charge in [-0.3, -0.25) is 9.59 Å². The average molecular weight is 306 g/mol. The van der Waals surface area contributed by atoms with Gasteiger partial charge in [0, 0.05) is 13.5 Å². The zero-order valence-corrected chi connectivity index (χ0v) is 12.9. The minimum absolute atomic E-state index is 0.101. The first-order chi connectivity index (χ1) is 11.1. The van der Waals surface area contributed by atoms with Crippen molar-refractivity contribution in [3.05, 3.63) is 77.5 Å². The minimum atomic E-state index is -0.525. The Labute approximate surface area is 135 Å². The highest BCUT2D eigenvalue weighted by Crippen LogP contribution is 2.17. The fourth-order valence-corrected chi connectivity index (χ4v) is 2.66. The van der Waals surface area contributed by atoms with E-state index in [0.717, 1.165) is 11.1 Å². The highest BCUT2D eigenvalue weighted by molar-refractivity contribution is 6.07. The number of likely N-dealkylation sites (N-methyl/N-ethyl adjacent to an activating group) is 1. The number of hydrogen-bond acceptors (Lipinski definition) is 2. The lowest BCUT2D eigenvalue weighted by atomic mass is 10.0. The molecule has 2 aromatic carbocycles. The summed E-state index contributed by atoms with van der Waals surface area (Å²) >= 11 is 0. The van der Waals surface area contributed by atoms with E-state index in [1.807, 2.05) is 60.7 Å². The van der Waals surface area contributed by atoms with Crippen molar-refractivity contribution in [2.45, 2.75) is 12.5 Å². The van der Waals surface area contributed by atoms with Gasteiger partial charge in [0.05, 0.1) is 0 Å². The Balaban J connectivity index is 1.81. The van der Waals surface area contributed by atoms with E-state index >= 15 is 0 Å². The van der Waals surface area contributed by atoms with Crippen molar-refractivity contribution in [1.29, 1.82) is 0 Å². The molecule has 1 fully saturated rings. The number of nitrogens with one attached hydrogen (secondary N) is 1. The number of piperazine rings is 1. The lowest BCUT2D eigenvalue weighted by Crippen LogP contribution is -2.56. The predicted molar refractivity (Wildman–Crippen MR) is 89.3 cm³/mol. The number of carbonyl (C=O) groups is 2. The molecule has 0 spiro atoms. The predicted octanol–water partition coefficient (Wildman–Crippen LogP) is 2.23. The van der Waals surface area contributed by atoms with E-state index in [1.165, 1.54) is 4.90 Å². The standard InChI is InChI=1S/C19H18N2O2/c1-21-17(13-15-10-6-3-7-11-15)18(22)20-16(19(21)23)12-14-8-4-2-5-9-14/h2-11,13,16H,12H2,1H3,(H,20,22)/t16-/m0/s1. The molecular weight excluding hydrogens is 288 g/mol. The molecule has 0 radical (unpaired) electrons. The van der Waals surface area contributed by atoms with Crippen LogP contribution in [-0.2, 0) is 16.0 Å². The van der Waals surface area contributed by atoms with Gasteiger partial charge in [-0.1, -0.05) is 60.7 Å². The number of hydrogen-bond donors (Lipinski definition) is 1. The Hall–Kier alpha value is -2.88. The second kappa shape index (κ2) is 6.48. The van der Waals surface area contributed by atoms with Gasteiger partial charge >= 0.3 is 0 Å². The molecule has 1 aliphatic rings. The van der Waals surface area contributed by atoms with Crippen LogP contribution in [0.3, 0.4) is 0 Å². The Bertz CT molecular complexity index is 738. The summed E-state index contributed by atoms with van der Waals surface area (Å²) < 4.78 is 0. The molecule has 0 unspecified atom stereocenters. The third kappa shape index (κ3) is 3.31. The molecule has 1 atom stereocenters. The van der Waals surface area contributed by atoms with Gasteiger partial charge < -0.3 is 10.2 Å². The van der Waals surface area contributed by atoms with E-state index in [-0.39, 0.29) is 11.8 Å². The molecule has 1 N–H and O–H groups in total.